The van der Waals surface area contributed by atoms with Crippen molar-refractivity contribution in [2.24, 2.45) is 0 Å². The number of carbonyl (C=O) groups is 1. The Balaban J connectivity index is 2.02. The third kappa shape index (κ3) is 2.63. The average molecular weight is 335 g/mol. The maximum Gasteiger partial charge on any atom is 0.309 e. The number of benzene rings is 1. The Morgan fingerprint density at radius 1 is 1.30 bits per heavy atom. The number of carboxylic acids is 1. The summed E-state index contributed by atoms with van der Waals surface area (Å²) >= 11 is 3.29. The zero-order chi connectivity index (χ0) is 14.1. The Morgan fingerprint density at radius 2 is 2.05 bits per heavy atom. The van der Waals surface area contributed by atoms with Gasteiger partial charge in [-0.1, -0.05) is 12.1 Å². The molecule has 0 bridgehead atoms. The van der Waals surface area contributed by atoms with Crippen LogP contribution in [0.3, 0.4) is 0 Å². The van der Waals surface area contributed by atoms with Crippen LogP contribution < -0.4 is 0 Å². The number of aliphatic carboxylic acids is 1. The number of halogens is 1. The quantitative estimate of drug-likeness (QED) is 0.904. The number of hydrogen-bond donors (Lipinski definition) is 2. The molecule has 0 amide bonds. The van der Waals surface area contributed by atoms with Crippen molar-refractivity contribution in [2.45, 2.75) is 32.1 Å². The zero-order valence-electron chi connectivity index (χ0n) is 10.9. The molecule has 0 radical (unpaired) electrons. The Bertz CT molecular complexity index is 664. The van der Waals surface area contributed by atoms with Gasteiger partial charge in [0.25, 0.3) is 0 Å². The number of imidazole rings is 1. The van der Waals surface area contributed by atoms with Crippen molar-refractivity contribution in [3.8, 4) is 11.3 Å². The summed E-state index contributed by atoms with van der Waals surface area (Å²) in [6, 6.07) is 6.34. The molecule has 20 heavy (non-hydrogen) atoms. The van der Waals surface area contributed by atoms with Gasteiger partial charge in [-0.25, -0.2) is 4.98 Å². The molecular formula is C15H15BrN2O2. The van der Waals surface area contributed by atoms with Gasteiger partial charge in [0.15, 0.2) is 4.73 Å². The lowest BCUT2D eigenvalue weighted by atomic mass is 9.89. The first-order chi connectivity index (χ1) is 9.63. The number of aryl methyl sites for hydroxylation is 2. The maximum atomic E-state index is 10.9. The Kier molecular flexibility index (Phi) is 3.61. The number of nitrogens with one attached hydrogen (secondary N) is 1. The topological polar surface area (TPSA) is 66.0 Å². The van der Waals surface area contributed by atoms with E-state index in [9.17, 15) is 4.79 Å². The predicted molar refractivity (Wildman–Crippen MR) is 79.7 cm³/mol. The molecule has 1 aliphatic rings. The van der Waals surface area contributed by atoms with E-state index in [1.165, 1.54) is 24.0 Å². The lowest BCUT2D eigenvalue weighted by Crippen LogP contribution is -2.04. The SMILES string of the molecule is O=C(O)Cc1[nH]c(Br)nc1-c1ccc2c(c1)CCCC2. The fourth-order valence-electron chi connectivity index (χ4n) is 2.78. The van der Waals surface area contributed by atoms with Crippen molar-refractivity contribution in [3.63, 3.8) is 0 Å². The van der Waals surface area contributed by atoms with Gasteiger partial charge >= 0.3 is 5.97 Å². The Morgan fingerprint density at radius 3 is 2.80 bits per heavy atom. The van der Waals surface area contributed by atoms with E-state index in [4.69, 9.17) is 5.11 Å². The molecule has 5 heteroatoms. The second-order valence-corrected chi connectivity index (χ2v) is 5.87. The lowest BCUT2D eigenvalue weighted by molar-refractivity contribution is -0.136. The molecule has 2 N–H and O–H groups in total. The van der Waals surface area contributed by atoms with Crippen LogP contribution in [0.2, 0.25) is 0 Å². The molecule has 104 valence electrons. The summed E-state index contributed by atoms with van der Waals surface area (Å²) < 4.78 is 0.571. The number of hydrogen-bond acceptors (Lipinski definition) is 2. The summed E-state index contributed by atoms with van der Waals surface area (Å²) in [5, 5.41) is 8.98. The van der Waals surface area contributed by atoms with Gasteiger partial charge in [-0.2, -0.15) is 0 Å². The largest absolute Gasteiger partial charge is 0.481 e. The van der Waals surface area contributed by atoms with Gasteiger partial charge in [0.05, 0.1) is 17.8 Å². The van der Waals surface area contributed by atoms with E-state index in [-0.39, 0.29) is 6.42 Å². The molecule has 0 saturated carbocycles. The third-order valence-electron chi connectivity index (χ3n) is 3.70. The normalized spacial score (nSPS) is 14.1. The van der Waals surface area contributed by atoms with E-state index in [0.29, 0.717) is 10.4 Å². The molecule has 0 aliphatic heterocycles. The molecule has 0 fully saturated rings. The summed E-state index contributed by atoms with van der Waals surface area (Å²) in [6.45, 7) is 0. The van der Waals surface area contributed by atoms with Crippen molar-refractivity contribution < 1.29 is 9.90 Å². The summed E-state index contributed by atoms with van der Waals surface area (Å²) in [6.07, 6.45) is 4.67. The second kappa shape index (κ2) is 5.40. The fourth-order valence-corrected chi connectivity index (χ4v) is 3.19. The van der Waals surface area contributed by atoms with E-state index >= 15 is 0 Å². The molecule has 4 nitrogen and oxygen atoms in total. The van der Waals surface area contributed by atoms with Crippen molar-refractivity contribution in [2.75, 3.05) is 0 Å². The summed E-state index contributed by atoms with van der Waals surface area (Å²) in [7, 11) is 0. The molecule has 1 aromatic carbocycles. The smallest absolute Gasteiger partial charge is 0.309 e. The van der Waals surface area contributed by atoms with Crippen LogP contribution in [0, 0.1) is 0 Å². The van der Waals surface area contributed by atoms with Gasteiger partial charge in [-0.15, -0.1) is 0 Å². The summed E-state index contributed by atoms with van der Waals surface area (Å²) in [5.41, 5.74) is 5.14. The van der Waals surface area contributed by atoms with Gasteiger partial charge in [0.2, 0.25) is 0 Å². The molecule has 1 heterocycles. The standard InChI is InChI=1S/C15H15BrN2O2/c16-15-17-12(8-13(19)20)14(18-15)11-6-5-9-3-1-2-4-10(9)7-11/h5-7H,1-4,8H2,(H,17,18)(H,19,20). The van der Waals surface area contributed by atoms with Crippen molar-refractivity contribution >= 4 is 21.9 Å². The molecule has 1 aliphatic carbocycles. The zero-order valence-corrected chi connectivity index (χ0v) is 12.5. The summed E-state index contributed by atoms with van der Waals surface area (Å²) in [5.74, 6) is -0.861. The van der Waals surface area contributed by atoms with Gasteiger partial charge in [0.1, 0.15) is 0 Å². The maximum absolute atomic E-state index is 10.9. The number of rotatable bonds is 3. The van der Waals surface area contributed by atoms with E-state index < -0.39 is 5.97 Å². The molecule has 1 aromatic heterocycles. The third-order valence-corrected chi connectivity index (χ3v) is 4.08. The number of fused-ring (bicyclic) bond motifs is 1. The van der Waals surface area contributed by atoms with Crippen LogP contribution in [0.15, 0.2) is 22.9 Å². The highest BCUT2D eigenvalue weighted by Gasteiger charge is 2.16. The van der Waals surface area contributed by atoms with Gasteiger partial charge in [-0.3, -0.25) is 4.79 Å². The highest BCUT2D eigenvalue weighted by molar-refractivity contribution is 9.10. The van der Waals surface area contributed by atoms with Gasteiger partial charge in [0, 0.05) is 5.56 Å². The molecule has 3 rings (SSSR count). The van der Waals surface area contributed by atoms with Crippen molar-refractivity contribution in [1.82, 2.24) is 9.97 Å². The van der Waals surface area contributed by atoms with Crippen molar-refractivity contribution in [3.05, 3.63) is 39.8 Å². The van der Waals surface area contributed by atoms with Crippen LogP contribution in [0.25, 0.3) is 11.3 Å². The number of H-pyrrole nitrogens is 1. The van der Waals surface area contributed by atoms with E-state index in [1.807, 2.05) is 6.07 Å². The number of aromatic amines is 1. The first-order valence-electron chi connectivity index (χ1n) is 6.72. The molecule has 0 unspecified atom stereocenters. The minimum absolute atomic E-state index is 0.0506. The van der Waals surface area contributed by atoms with Crippen LogP contribution in [0.4, 0.5) is 0 Å². The first-order valence-corrected chi connectivity index (χ1v) is 7.51. The minimum Gasteiger partial charge on any atom is -0.481 e. The molecule has 0 saturated heterocycles. The Hall–Kier alpha value is -1.62. The Labute approximate surface area is 125 Å². The molecular weight excluding hydrogens is 320 g/mol. The van der Waals surface area contributed by atoms with Gasteiger partial charge in [-0.05, 0) is 58.8 Å². The first kappa shape index (κ1) is 13.4. The highest BCUT2D eigenvalue weighted by Crippen LogP contribution is 2.29. The number of carboxylic acid groups (broad SMARTS) is 1. The highest BCUT2D eigenvalue weighted by atomic mass is 79.9. The minimum atomic E-state index is -0.861. The lowest BCUT2D eigenvalue weighted by Gasteiger charge is -2.16. The second-order valence-electron chi connectivity index (χ2n) is 5.12. The number of nitrogens with zero attached hydrogens (tertiary/aromatic N) is 1. The number of aromatic nitrogens is 2. The summed E-state index contributed by atoms with van der Waals surface area (Å²) in [4.78, 5) is 18.3. The van der Waals surface area contributed by atoms with Crippen LogP contribution in [0.1, 0.15) is 29.7 Å². The predicted octanol–water partition coefficient (Wildman–Crippen LogP) is 3.35. The van der Waals surface area contributed by atoms with Crippen LogP contribution in [0.5, 0.6) is 0 Å². The monoisotopic (exact) mass is 334 g/mol. The average Bonchev–Trinajstić information content (AvgIpc) is 2.78. The van der Waals surface area contributed by atoms with Crippen LogP contribution >= 0.6 is 15.9 Å². The van der Waals surface area contributed by atoms with E-state index in [0.717, 1.165) is 24.1 Å². The van der Waals surface area contributed by atoms with Gasteiger partial charge < -0.3 is 10.1 Å². The molecule has 2 aromatic rings. The van der Waals surface area contributed by atoms with E-state index in [2.05, 4.69) is 38.0 Å². The fraction of sp³-hybridized carbons (Fsp3) is 0.333. The van der Waals surface area contributed by atoms with Crippen LogP contribution in [-0.2, 0) is 24.1 Å². The van der Waals surface area contributed by atoms with E-state index in [1.54, 1.807) is 0 Å². The van der Waals surface area contributed by atoms with Crippen molar-refractivity contribution in [1.29, 1.82) is 0 Å². The molecule has 0 atom stereocenters. The molecule has 0 spiro atoms. The van der Waals surface area contributed by atoms with Crippen LogP contribution in [-0.4, -0.2) is 21.0 Å².